The lowest BCUT2D eigenvalue weighted by molar-refractivity contribution is 0.317. The van der Waals surface area contributed by atoms with Crippen molar-refractivity contribution >= 4 is 5.69 Å². The topological polar surface area (TPSA) is 29.3 Å². The minimum atomic E-state index is 0.612. The first-order valence-electron chi connectivity index (χ1n) is 4.83. The zero-order valence-corrected chi connectivity index (χ0v) is 8.03. The molecule has 1 aromatic rings. The molecule has 0 spiro atoms. The SMILES string of the molecule is CN1CCC[C@@H]1c1ccc(N)cc1. The second-order valence-electron chi connectivity index (χ2n) is 3.81. The van der Waals surface area contributed by atoms with E-state index in [-0.39, 0.29) is 0 Å². The summed E-state index contributed by atoms with van der Waals surface area (Å²) in [6, 6.07) is 8.87. The zero-order chi connectivity index (χ0) is 9.26. The van der Waals surface area contributed by atoms with Crippen molar-refractivity contribution in [1.82, 2.24) is 4.90 Å². The molecule has 1 atom stereocenters. The largest absolute Gasteiger partial charge is 0.399 e. The highest BCUT2D eigenvalue weighted by Crippen LogP contribution is 2.30. The Labute approximate surface area is 79.4 Å². The molecule has 2 rings (SSSR count). The third-order valence-corrected chi connectivity index (χ3v) is 2.84. The van der Waals surface area contributed by atoms with Gasteiger partial charge in [0.1, 0.15) is 0 Å². The normalized spacial score (nSPS) is 23.6. The molecule has 13 heavy (non-hydrogen) atoms. The van der Waals surface area contributed by atoms with E-state index in [9.17, 15) is 0 Å². The summed E-state index contributed by atoms with van der Waals surface area (Å²) in [6.45, 7) is 1.22. The Morgan fingerprint density at radius 1 is 1.31 bits per heavy atom. The average Bonchev–Trinajstić information content (AvgIpc) is 2.53. The Hall–Kier alpha value is -1.02. The van der Waals surface area contributed by atoms with Crippen LogP contribution in [0.25, 0.3) is 0 Å². The average molecular weight is 176 g/mol. The van der Waals surface area contributed by atoms with E-state index >= 15 is 0 Å². The molecule has 0 aliphatic carbocycles. The molecule has 70 valence electrons. The highest BCUT2D eigenvalue weighted by atomic mass is 15.1. The Morgan fingerprint density at radius 3 is 2.54 bits per heavy atom. The predicted octanol–water partition coefficient (Wildman–Crippen LogP) is 2.04. The van der Waals surface area contributed by atoms with Crippen LogP contribution in [0.3, 0.4) is 0 Å². The minimum absolute atomic E-state index is 0.612. The molecule has 0 aromatic heterocycles. The number of nitrogens with zero attached hydrogens (tertiary/aromatic N) is 1. The molecule has 1 saturated heterocycles. The molecule has 0 radical (unpaired) electrons. The Balaban J connectivity index is 2.20. The first-order chi connectivity index (χ1) is 6.27. The van der Waals surface area contributed by atoms with Crippen LogP contribution in [0, 0.1) is 0 Å². The fourth-order valence-corrected chi connectivity index (χ4v) is 2.05. The van der Waals surface area contributed by atoms with E-state index in [0.717, 1.165) is 5.69 Å². The molecule has 1 aliphatic heterocycles. The monoisotopic (exact) mass is 176 g/mol. The van der Waals surface area contributed by atoms with Gasteiger partial charge in [0.25, 0.3) is 0 Å². The predicted molar refractivity (Wildman–Crippen MR) is 55.5 cm³/mol. The number of likely N-dealkylation sites (tertiary alicyclic amines) is 1. The molecule has 2 nitrogen and oxygen atoms in total. The van der Waals surface area contributed by atoms with Crippen molar-refractivity contribution in [2.75, 3.05) is 19.3 Å². The van der Waals surface area contributed by atoms with Gasteiger partial charge in [-0.15, -0.1) is 0 Å². The van der Waals surface area contributed by atoms with Gasteiger partial charge in [-0.05, 0) is 44.1 Å². The number of hydrogen-bond donors (Lipinski definition) is 1. The maximum Gasteiger partial charge on any atom is 0.0345 e. The van der Waals surface area contributed by atoms with Crippen LogP contribution in [0.2, 0.25) is 0 Å². The lowest BCUT2D eigenvalue weighted by atomic mass is 10.0. The summed E-state index contributed by atoms with van der Waals surface area (Å²) in [7, 11) is 2.19. The van der Waals surface area contributed by atoms with E-state index in [1.165, 1.54) is 24.9 Å². The number of benzene rings is 1. The van der Waals surface area contributed by atoms with E-state index in [0.29, 0.717) is 6.04 Å². The summed E-state index contributed by atoms with van der Waals surface area (Å²) in [4.78, 5) is 2.41. The van der Waals surface area contributed by atoms with Crippen molar-refractivity contribution in [3.8, 4) is 0 Å². The van der Waals surface area contributed by atoms with Crippen LogP contribution in [0.15, 0.2) is 24.3 Å². The van der Waals surface area contributed by atoms with Gasteiger partial charge in [-0.1, -0.05) is 12.1 Å². The Kier molecular flexibility index (Phi) is 2.23. The van der Waals surface area contributed by atoms with Crippen LogP contribution in [0.1, 0.15) is 24.4 Å². The number of rotatable bonds is 1. The van der Waals surface area contributed by atoms with Crippen molar-refractivity contribution in [2.24, 2.45) is 0 Å². The summed E-state index contributed by atoms with van der Waals surface area (Å²) >= 11 is 0. The van der Waals surface area contributed by atoms with Crippen LogP contribution < -0.4 is 5.73 Å². The number of hydrogen-bond acceptors (Lipinski definition) is 2. The van der Waals surface area contributed by atoms with Crippen molar-refractivity contribution in [3.63, 3.8) is 0 Å². The van der Waals surface area contributed by atoms with Gasteiger partial charge in [-0.3, -0.25) is 4.90 Å². The van der Waals surface area contributed by atoms with Crippen LogP contribution in [0.4, 0.5) is 5.69 Å². The van der Waals surface area contributed by atoms with Crippen LogP contribution in [-0.2, 0) is 0 Å². The lowest BCUT2D eigenvalue weighted by Gasteiger charge is -2.19. The van der Waals surface area contributed by atoms with Crippen molar-refractivity contribution < 1.29 is 0 Å². The van der Waals surface area contributed by atoms with Crippen molar-refractivity contribution in [3.05, 3.63) is 29.8 Å². The van der Waals surface area contributed by atoms with Gasteiger partial charge in [0, 0.05) is 11.7 Å². The number of nitrogen functional groups attached to an aromatic ring is 1. The van der Waals surface area contributed by atoms with Gasteiger partial charge in [-0.25, -0.2) is 0 Å². The maximum atomic E-state index is 5.65. The van der Waals surface area contributed by atoms with Gasteiger partial charge < -0.3 is 5.73 Å². The molecular formula is C11H16N2. The second-order valence-corrected chi connectivity index (χ2v) is 3.81. The quantitative estimate of drug-likeness (QED) is 0.663. The van der Waals surface area contributed by atoms with Crippen molar-refractivity contribution in [2.45, 2.75) is 18.9 Å². The van der Waals surface area contributed by atoms with Gasteiger partial charge in [-0.2, -0.15) is 0 Å². The summed E-state index contributed by atoms with van der Waals surface area (Å²) < 4.78 is 0. The van der Waals surface area contributed by atoms with Crippen LogP contribution >= 0.6 is 0 Å². The summed E-state index contributed by atoms with van der Waals surface area (Å²) in [5.74, 6) is 0. The lowest BCUT2D eigenvalue weighted by Crippen LogP contribution is -2.17. The van der Waals surface area contributed by atoms with Gasteiger partial charge in [0.15, 0.2) is 0 Å². The highest BCUT2D eigenvalue weighted by molar-refractivity contribution is 5.40. The molecule has 0 unspecified atom stereocenters. The van der Waals surface area contributed by atoms with E-state index in [4.69, 9.17) is 5.73 Å². The van der Waals surface area contributed by atoms with E-state index in [1.807, 2.05) is 12.1 Å². The van der Waals surface area contributed by atoms with Gasteiger partial charge in [0.2, 0.25) is 0 Å². The third kappa shape index (κ3) is 1.68. The third-order valence-electron chi connectivity index (χ3n) is 2.84. The molecule has 2 N–H and O–H groups in total. The number of nitrogens with two attached hydrogens (primary N) is 1. The minimum Gasteiger partial charge on any atom is -0.399 e. The van der Waals surface area contributed by atoms with E-state index in [2.05, 4.69) is 24.1 Å². The summed E-state index contributed by atoms with van der Waals surface area (Å²) in [6.07, 6.45) is 2.59. The molecule has 0 bridgehead atoms. The fraction of sp³-hybridized carbons (Fsp3) is 0.455. The molecule has 1 fully saturated rings. The summed E-state index contributed by atoms with van der Waals surface area (Å²) in [5.41, 5.74) is 7.90. The molecule has 1 aliphatic rings. The first kappa shape index (κ1) is 8.57. The smallest absolute Gasteiger partial charge is 0.0345 e. The standard InChI is InChI=1S/C11H16N2/c1-13-8-2-3-11(13)9-4-6-10(12)7-5-9/h4-7,11H,2-3,8,12H2,1H3/t11-/m1/s1. The molecule has 2 heteroatoms. The Morgan fingerprint density at radius 2 is 2.00 bits per heavy atom. The van der Waals surface area contributed by atoms with E-state index < -0.39 is 0 Å². The Bertz CT molecular complexity index is 279. The van der Waals surface area contributed by atoms with Crippen LogP contribution in [-0.4, -0.2) is 18.5 Å². The second kappa shape index (κ2) is 3.38. The highest BCUT2D eigenvalue weighted by Gasteiger charge is 2.21. The molecule has 0 amide bonds. The molecular weight excluding hydrogens is 160 g/mol. The maximum absolute atomic E-state index is 5.65. The fourth-order valence-electron chi connectivity index (χ4n) is 2.05. The van der Waals surface area contributed by atoms with Crippen molar-refractivity contribution in [1.29, 1.82) is 0 Å². The summed E-state index contributed by atoms with van der Waals surface area (Å²) in [5, 5.41) is 0. The number of anilines is 1. The van der Waals surface area contributed by atoms with E-state index in [1.54, 1.807) is 0 Å². The molecule has 1 heterocycles. The first-order valence-corrected chi connectivity index (χ1v) is 4.83. The molecule has 1 aromatic carbocycles. The van der Waals surface area contributed by atoms with Gasteiger partial charge >= 0.3 is 0 Å². The molecule has 0 saturated carbocycles. The van der Waals surface area contributed by atoms with Crippen LogP contribution in [0.5, 0.6) is 0 Å². The van der Waals surface area contributed by atoms with Gasteiger partial charge in [0.05, 0.1) is 0 Å². The zero-order valence-electron chi connectivity index (χ0n) is 8.03.